The highest BCUT2D eigenvalue weighted by atomic mass is 16.7. The van der Waals surface area contributed by atoms with Gasteiger partial charge >= 0.3 is 5.97 Å². The number of benzene rings is 2. The van der Waals surface area contributed by atoms with Crippen molar-refractivity contribution in [3.8, 4) is 0 Å². The lowest BCUT2D eigenvalue weighted by Crippen LogP contribution is -2.61. The first kappa shape index (κ1) is 49.2. The minimum Gasteiger partial charge on any atom is -0.459 e. The van der Waals surface area contributed by atoms with Crippen LogP contribution in [0.4, 0.5) is 5.69 Å². The normalized spacial score (nSPS) is 43.9. The van der Waals surface area contributed by atoms with Gasteiger partial charge in [0.15, 0.2) is 18.7 Å². The highest BCUT2D eigenvalue weighted by molar-refractivity contribution is 5.95. The molecule has 6 rings (SSSR count). The lowest BCUT2D eigenvalue weighted by Gasteiger charge is -2.49. The van der Waals surface area contributed by atoms with Crippen molar-refractivity contribution in [2.24, 2.45) is 28.7 Å². The van der Waals surface area contributed by atoms with Gasteiger partial charge in [-0.3, -0.25) is 9.59 Å². The van der Waals surface area contributed by atoms with Gasteiger partial charge in [-0.2, -0.15) is 4.99 Å². The molecule has 0 spiro atoms. The second-order valence-corrected chi connectivity index (χ2v) is 19.3. The summed E-state index contributed by atoms with van der Waals surface area (Å²) in [5, 5.41) is 36.5. The molecule has 352 valence electrons. The maximum atomic E-state index is 14.5. The zero-order chi connectivity index (χ0) is 46.3. The van der Waals surface area contributed by atoms with Crippen molar-refractivity contribution in [2.45, 2.75) is 179 Å². The van der Waals surface area contributed by atoms with E-state index in [1.165, 1.54) is 14.0 Å². The SMILES string of the molecule is CCC1OC(=O)[C@H](C)C(O[C@H]2C[C@@](C)(OC)[C@@H](O)[C@H](C)O2)[C@@H](C)[C@@H](O[C@@H]2O[C@H](C)C[C@H]3[C@H]2OC(=Nc2cccc4ccccc24)N3C)[C@](C)(OC)C[C@@H](C)C(=O)[C@H](C)[C@@H](O)[C@]1(C)O. The molecule has 15 nitrogen and oxygen atoms in total. The number of nitrogens with zero attached hydrogens (tertiary/aromatic N) is 2. The summed E-state index contributed by atoms with van der Waals surface area (Å²) in [6.45, 7) is 17.4. The summed E-state index contributed by atoms with van der Waals surface area (Å²) in [6, 6.07) is 14.2. The number of methoxy groups -OCH3 is 2. The van der Waals surface area contributed by atoms with Crippen LogP contribution in [0.2, 0.25) is 0 Å². The van der Waals surface area contributed by atoms with E-state index in [1.54, 1.807) is 48.7 Å². The third-order valence-corrected chi connectivity index (χ3v) is 14.6. The molecule has 4 saturated heterocycles. The summed E-state index contributed by atoms with van der Waals surface area (Å²) in [4.78, 5) is 35.8. The molecule has 63 heavy (non-hydrogen) atoms. The average molecular weight is 885 g/mol. The van der Waals surface area contributed by atoms with Gasteiger partial charge in [-0.25, -0.2) is 0 Å². The number of Topliss-reactive ketones (excluding diaryl/α,β-unsaturated/α-hetero) is 1. The molecule has 2 aromatic carbocycles. The molecule has 4 aliphatic heterocycles. The zero-order valence-electron chi connectivity index (χ0n) is 39.3. The molecule has 0 saturated carbocycles. The number of ether oxygens (including phenoxy) is 8. The predicted octanol–water partition coefficient (Wildman–Crippen LogP) is 5.69. The smallest absolute Gasteiger partial charge is 0.311 e. The summed E-state index contributed by atoms with van der Waals surface area (Å²) >= 11 is 0. The second kappa shape index (κ2) is 19.3. The molecule has 2 aromatic rings. The molecule has 4 fully saturated rings. The van der Waals surface area contributed by atoms with Gasteiger partial charge in [0.1, 0.15) is 23.6 Å². The third kappa shape index (κ3) is 9.69. The van der Waals surface area contributed by atoms with Gasteiger partial charge in [0.2, 0.25) is 0 Å². The second-order valence-electron chi connectivity index (χ2n) is 19.3. The number of carbonyl (C=O) groups is 2. The number of aliphatic imine (C=N–C) groups is 1. The predicted molar refractivity (Wildman–Crippen MR) is 235 cm³/mol. The maximum Gasteiger partial charge on any atom is 0.311 e. The van der Waals surface area contributed by atoms with E-state index in [0.717, 1.165) is 16.5 Å². The zero-order valence-corrected chi connectivity index (χ0v) is 39.3. The minimum atomic E-state index is -1.98. The van der Waals surface area contributed by atoms with Crippen LogP contribution in [0.3, 0.4) is 0 Å². The van der Waals surface area contributed by atoms with Gasteiger partial charge in [-0.15, -0.1) is 0 Å². The highest BCUT2D eigenvalue weighted by Crippen LogP contribution is 2.43. The van der Waals surface area contributed by atoms with Crippen LogP contribution in [0.1, 0.15) is 94.9 Å². The molecule has 15 heteroatoms. The average Bonchev–Trinajstić information content (AvgIpc) is 3.57. The number of hydrogen-bond acceptors (Lipinski definition) is 14. The molecular formula is C48H72N2O13. The summed E-state index contributed by atoms with van der Waals surface area (Å²) in [5.41, 5.74) is -3.52. The number of aliphatic hydroxyl groups excluding tert-OH is 2. The summed E-state index contributed by atoms with van der Waals surface area (Å²) in [6.07, 6.45) is -8.16. The van der Waals surface area contributed by atoms with E-state index in [9.17, 15) is 24.9 Å². The van der Waals surface area contributed by atoms with Crippen molar-refractivity contribution >= 4 is 34.2 Å². The van der Waals surface area contributed by atoms with Crippen molar-refractivity contribution in [3.05, 3.63) is 42.5 Å². The standard InChI is InChI=1S/C48H72N2O13/c1-14-35-48(10,55)40(52)27(4)37(51)25(2)23-47(9,57-13)42(28(5)38(29(6)43(54)60-35)61-36-24-46(8,56-12)41(53)30(7)59-36)63-44-39-34(22-26(3)58-44)50(11)45(62-39)49-33-21-17-19-31-18-15-16-20-32(31)33/h15-21,25-30,34-36,38-42,44,52-53,55H,14,22-24H2,1-13H3/t25-,26-,27+,28-,29-,30+,34+,35?,36+,38?,39-,40-,41+,42-,44+,46-,47-,48-/m1/s1. The molecule has 18 atom stereocenters. The van der Waals surface area contributed by atoms with Crippen LogP contribution < -0.4 is 0 Å². The van der Waals surface area contributed by atoms with Crippen molar-refractivity contribution < 1.29 is 62.8 Å². The molecule has 0 aliphatic carbocycles. The van der Waals surface area contributed by atoms with E-state index in [1.807, 2.05) is 75.2 Å². The number of fused-ring (bicyclic) bond motifs is 2. The lowest BCUT2D eigenvalue weighted by molar-refractivity contribution is -0.315. The van der Waals surface area contributed by atoms with Gasteiger partial charge in [-0.05, 0) is 72.3 Å². The van der Waals surface area contributed by atoms with E-state index in [0.29, 0.717) is 12.4 Å². The maximum absolute atomic E-state index is 14.5. The molecule has 4 aliphatic rings. The van der Waals surface area contributed by atoms with Crippen molar-refractivity contribution in [3.63, 3.8) is 0 Å². The van der Waals surface area contributed by atoms with Crippen LogP contribution in [-0.2, 0) is 47.5 Å². The fraction of sp³-hybridized carbons (Fsp3) is 0.729. The minimum absolute atomic E-state index is 0.120. The van der Waals surface area contributed by atoms with Gasteiger partial charge in [0, 0.05) is 50.8 Å². The Hall–Kier alpha value is -3.25. The number of aliphatic hydroxyl groups is 3. The topological polar surface area (TPSA) is 184 Å². The van der Waals surface area contributed by atoms with E-state index >= 15 is 0 Å². The largest absolute Gasteiger partial charge is 0.459 e. The Morgan fingerprint density at radius 1 is 0.841 bits per heavy atom. The number of esters is 1. The fourth-order valence-corrected chi connectivity index (χ4v) is 10.4. The number of rotatable bonds is 8. The molecule has 3 N–H and O–H groups in total. The molecule has 2 unspecified atom stereocenters. The van der Waals surface area contributed by atoms with Gasteiger partial charge in [0.25, 0.3) is 6.02 Å². The van der Waals surface area contributed by atoms with Crippen molar-refractivity contribution in [2.75, 3.05) is 21.3 Å². The Morgan fingerprint density at radius 2 is 1.51 bits per heavy atom. The number of cyclic esters (lactones) is 1. The Balaban J connectivity index is 1.43. The lowest BCUT2D eigenvalue weighted by atomic mass is 9.74. The molecular weight excluding hydrogens is 813 g/mol. The molecule has 0 aromatic heterocycles. The Kier molecular flexibility index (Phi) is 15.1. The molecule has 0 bridgehead atoms. The number of carbonyl (C=O) groups excluding carboxylic acids is 2. The third-order valence-electron chi connectivity index (χ3n) is 14.6. The summed E-state index contributed by atoms with van der Waals surface area (Å²) in [7, 11) is 5.01. The van der Waals surface area contributed by atoms with Crippen molar-refractivity contribution in [1.82, 2.24) is 4.90 Å². The van der Waals surface area contributed by atoms with E-state index in [2.05, 4.69) is 0 Å². The van der Waals surface area contributed by atoms with Crippen LogP contribution in [-0.4, -0.2) is 144 Å². The van der Waals surface area contributed by atoms with E-state index < -0.39 is 102 Å². The van der Waals surface area contributed by atoms with Crippen LogP contribution >= 0.6 is 0 Å². The van der Waals surface area contributed by atoms with E-state index in [4.69, 9.17) is 42.9 Å². The van der Waals surface area contributed by atoms with Gasteiger partial charge < -0.3 is 58.1 Å². The number of amidine groups is 1. The first-order valence-corrected chi connectivity index (χ1v) is 22.6. The van der Waals surface area contributed by atoms with Crippen LogP contribution in [0.5, 0.6) is 0 Å². The highest BCUT2D eigenvalue weighted by Gasteiger charge is 2.56. The summed E-state index contributed by atoms with van der Waals surface area (Å²) in [5.74, 6) is -4.47. The van der Waals surface area contributed by atoms with Gasteiger partial charge in [-0.1, -0.05) is 64.1 Å². The Labute approximate surface area is 372 Å². The first-order valence-electron chi connectivity index (χ1n) is 22.6. The number of hydrogen-bond donors (Lipinski definition) is 3. The van der Waals surface area contributed by atoms with Crippen molar-refractivity contribution in [1.29, 1.82) is 0 Å². The van der Waals surface area contributed by atoms with E-state index in [-0.39, 0.29) is 37.2 Å². The number of ketones is 1. The quantitative estimate of drug-likeness (QED) is 0.275. The summed E-state index contributed by atoms with van der Waals surface area (Å²) < 4.78 is 52.0. The van der Waals surface area contributed by atoms with Crippen LogP contribution in [0, 0.1) is 23.7 Å². The molecule has 0 radical (unpaired) electrons. The van der Waals surface area contributed by atoms with Gasteiger partial charge in [0.05, 0.1) is 59.4 Å². The Morgan fingerprint density at radius 3 is 2.17 bits per heavy atom. The molecule has 0 amide bonds. The Bertz CT molecular complexity index is 1940. The first-order chi connectivity index (χ1) is 29.6. The fourth-order valence-electron chi connectivity index (χ4n) is 10.4. The van der Waals surface area contributed by atoms with Crippen LogP contribution in [0.15, 0.2) is 47.5 Å². The van der Waals surface area contributed by atoms with Crippen LogP contribution in [0.25, 0.3) is 10.8 Å². The number of likely N-dealkylation sites (N-methyl/N-ethyl adjacent to an activating group) is 1. The molecule has 4 heterocycles. The monoisotopic (exact) mass is 885 g/mol.